The van der Waals surface area contributed by atoms with Crippen LogP contribution in [-0.4, -0.2) is 31.2 Å². The number of aromatic nitrogens is 1. The summed E-state index contributed by atoms with van der Waals surface area (Å²) in [7, 11) is -3.85. The minimum Gasteiger partial charge on any atom is -0.491 e. The van der Waals surface area contributed by atoms with Gasteiger partial charge in [-0.2, -0.15) is 0 Å². The van der Waals surface area contributed by atoms with Crippen molar-refractivity contribution >= 4 is 38.6 Å². The molecule has 0 radical (unpaired) electrons. The van der Waals surface area contributed by atoms with Gasteiger partial charge in [-0.25, -0.2) is 13.4 Å². The molecule has 2 N–H and O–H groups in total. The number of thiazole rings is 1. The Hall–Kier alpha value is -2.91. The second-order valence-electron chi connectivity index (χ2n) is 6.93. The minimum atomic E-state index is -3.85. The van der Waals surface area contributed by atoms with Crippen LogP contribution >= 0.6 is 11.3 Å². The Morgan fingerprint density at radius 3 is 2.27 bits per heavy atom. The molecule has 30 heavy (non-hydrogen) atoms. The third-order valence-electron chi connectivity index (χ3n) is 3.90. The fourth-order valence-corrected chi connectivity index (χ4v) is 4.29. The molecule has 0 saturated heterocycles. The zero-order valence-corrected chi connectivity index (χ0v) is 18.5. The summed E-state index contributed by atoms with van der Waals surface area (Å²) >= 11 is 1.56. The van der Waals surface area contributed by atoms with E-state index in [4.69, 9.17) is 4.74 Å². The van der Waals surface area contributed by atoms with Gasteiger partial charge in [0.2, 0.25) is 15.9 Å². The van der Waals surface area contributed by atoms with Crippen LogP contribution < -0.4 is 14.8 Å². The van der Waals surface area contributed by atoms with E-state index in [-0.39, 0.29) is 6.10 Å². The summed E-state index contributed by atoms with van der Waals surface area (Å²) in [5.74, 6) is -0.675. The number of carbonyl (C=O) groups is 1. The number of ether oxygens (including phenoxy) is 1. The minimum absolute atomic E-state index is 0.0240. The number of sulfonamides is 1. The summed E-state index contributed by atoms with van der Waals surface area (Å²) in [6.45, 7) is 5.75. The summed E-state index contributed by atoms with van der Waals surface area (Å²) in [5.41, 5.74) is 2.67. The maximum atomic E-state index is 12.3. The van der Waals surface area contributed by atoms with Gasteiger partial charge in [0.05, 0.1) is 16.8 Å². The van der Waals surface area contributed by atoms with Gasteiger partial charge in [0, 0.05) is 22.3 Å². The molecule has 0 spiro atoms. The van der Waals surface area contributed by atoms with Crippen LogP contribution in [0, 0.1) is 6.92 Å². The first kappa shape index (κ1) is 21.8. The molecule has 7 nitrogen and oxygen atoms in total. The van der Waals surface area contributed by atoms with Crippen LogP contribution in [0.4, 0.5) is 11.4 Å². The first-order valence-electron chi connectivity index (χ1n) is 9.30. The van der Waals surface area contributed by atoms with Gasteiger partial charge in [0.15, 0.2) is 0 Å². The molecule has 0 saturated carbocycles. The van der Waals surface area contributed by atoms with Crippen molar-refractivity contribution in [3.63, 3.8) is 0 Å². The summed E-state index contributed by atoms with van der Waals surface area (Å²) < 4.78 is 32.5. The van der Waals surface area contributed by atoms with Crippen molar-refractivity contribution in [3.05, 3.63) is 58.9 Å². The molecule has 158 valence electrons. The standard InChI is InChI=1S/C21H23N3O4S2/c1-14(2)28-19-10-8-18(9-11-19)24-30(26,27)13-21(25)23-17-6-4-16(5-7-17)20-12-29-15(3)22-20/h4-12,14,24H,13H2,1-3H3,(H,23,25). The number of carbonyl (C=O) groups excluding carboxylic acids is 1. The molecule has 3 rings (SSSR count). The quantitative estimate of drug-likeness (QED) is 0.539. The number of hydrogen-bond donors (Lipinski definition) is 2. The Labute approximate surface area is 180 Å². The number of nitrogens with one attached hydrogen (secondary N) is 2. The predicted molar refractivity (Wildman–Crippen MR) is 121 cm³/mol. The molecule has 0 aliphatic heterocycles. The molecule has 0 fully saturated rings. The van der Waals surface area contributed by atoms with E-state index in [2.05, 4.69) is 15.0 Å². The average Bonchev–Trinajstić information content (AvgIpc) is 3.09. The SMILES string of the molecule is Cc1nc(-c2ccc(NC(=O)CS(=O)(=O)Nc3ccc(OC(C)C)cc3)cc2)cs1. The van der Waals surface area contributed by atoms with Crippen molar-refractivity contribution in [1.82, 2.24) is 4.98 Å². The van der Waals surface area contributed by atoms with Crippen molar-refractivity contribution in [2.75, 3.05) is 15.8 Å². The van der Waals surface area contributed by atoms with Crippen molar-refractivity contribution in [3.8, 4) is 17.0 Å². The maximum absolute atomic E-state index is 12.3. The highest BCUT2D eigenvalue weighted by Crippen LogP contribution is 2.23. The predicted octanol–water partition coefficient (Wildman–Crippen LogP) is 4.29. The number of aryl methyl sites for hydroxylation is 1. The highest BCUT2D eigenvalue weighted by Gasteiger charge is 2.17. The first-order chi connectivity index (χ1) is 14.2. The summed E-state index contributed by atoms with van der Waals surface area (Å²) in [5, 5.41) is 5.54. The van der Waals surface area contributed by atoms with Crippen LogP contribution in [0.25, 0.3) is 11.3 Å². The molecule has 1 amide bonds. The number of anilines is 2. The van der Waals surface area contributed by atoms with E-state index in [1.165, 1.54) is 0 Å². The van der Waals surface area contributed by atoms with Crippen LogP contribution in [0.2, 0.25) is 0 Å². The maximum Gasteiger partial charge on any atom is 0.241 e. The molecule has 3 aromatic rings. The second kappa shape index (κ2) is 9.27. The van der Waals surface area contributed by atoms with Crippen LogP contribution in [0.5, 0.6) is 5.75 Å². The first-order valence-corrected chi connectivity index (χ1v) is 11.8. The molecule has 2 aromatic carbocycles. The van der Waals surface area contributed by atoms with Crippen molar-refractivity contribution in [1.29, 1.82) is 0 Å². The van der Waals surface area contributed by atoms with Gasteiger partial charge >= 0.3 is 0 Å². The van der Waals surface area contributed by atoms with Crippen molar-refractivity contribution < 1.29 is 17.9 Å². The third-order valence-corrected chi connectivity index (χ3v) is 5.87. The normalized spacial score (nSPS) is 11.3. The molecule has 0 unspecified atom stereocenters. The van der Waals surface area contributed by atoms with Gasteiger partial charge < -0.3 is 10.1 Å². The molecule has 0 aliphatic rings. The van der Waals surface area contributed by atoms with Crippen LogP contribution in [0.15, 0.2) is 53.9 Å². The molecule has 0 aliphatic carbocycles. The number of benzene rings is 2. The molecule has 1 aromatic heterocycles. The highest BCUT2D eigenvalue weighted by molar-refractivity contribution is 7.93. The lowest BCUT2D eigenvalue weighted by molar-refractivity contribution is -0.113. The van der Waals surface area contributed by atoms with Crippen molar-refractivity contribution in [2.45, 2.75) is 26.9 Å². The van der Waals surface area contributed by atoms with E-state index < -0.39 is 21.7 Å². The number of hydrogen-bond acceptors (Lipinski definition) is 6. The van der Waals surface area contributed by atoms with E-state index in [9.17, 15) is 13.2 Å². The Balaban J connectivity index is 1.56. The van der Waals surface area contributed by atoms with Crippen LogP contribution in [0.1, 0.15) is 18.9 Å². The average molecular weight is 446 g/mol. The molecule has 9 heteroatoms. The fourth-order valence-electron chi connectivity index (χ4n) is 2.68. The van der Waals surface area contributed by atoms with E-state index in [0.29, 0.717) is 17.1 Å². The van der Waals surface area contributed by atoms with E-state index in [1.807, 2.05) is 38.3 Å². The van der Waals surface area contributed by atoms with E-state index >= 15 is 0 Å². The Morgan fingerprint density at radius 2 is 1.70 bits per heavy atom. The lowest BCUT2D eigenvalue weighted by atomic mass is 10.1. The van der Waals surface area contributed by atoms with Gasteiger partial charge in [-0.3, -0.25) is 9.52 Å². The largest absolute Gasteiger partial charge is 0.491 e. The Bertz CT molecular complexity index is 1110. The van der Waals surface area contributed by atoms with Gasteiger partial charge in [-0.1, -0.05) is 12.1 Å². The lowest BCUT2D eigenvalue weighted by Crippen LogP contribution is -2.27. The third kappa shape index (κ3) is 6.30. The van der Waals surface area contributed by atoms with Gasteiger partial charge in [-0.05, 0) is 57.2 Å². The zero-order valence-electron chi connectivity index (χ0n) is 16.9. The van der Waals surface area contributed by atoms with Gasteiger partial charge in [0.1, 0.15) is 11.5 Å². The summed E-state index contributed by atoms with van der Waals surface area (Å²) in [6.07, 6.45) is 0.0240. The zero-order chi connectivity index (χ0) is 21.7. The Kier molecular flexibility index (Phi) is 6.73. The second-order valence-corrected chi connectivity index (χ2v) is 9.71. The highest BCUT2D eigenvalue weighted by atomic mass is 32.2. The van der Waals surface area contributed by atoms with E-state index in [1.54, 1.807) is 47.7 Å². The smallest absolute Gasteiger partial charge is 0.241 e. The molecule has 0 bridgehead atoms. The van der Waals surface area contributed by atoms with Crippen LogP contribution in [-0.2, 0) is 14.8 Å². The number of nitrogens with zero attached hydrogens (tertiary/aromatic N) is 1. The van der Waals surface area contributed by atoms with Crippen molar-refractivity contribution in [2.24, 2.45) is 0 Å². The van der Waals surface area contributed by atoms with Crippen LogP contribution in [0.3, 0.4) is 0 Å². The monoisotopic (exact) mass is 445 g/mol. The molecular weight excluding hydrogens is 422 g/mol. The summed E-state index contributed by atoms with van der Waals surface area (Å²) in [6, 6.07) is 13.6. The summed E-state index contributed by atoms with van der Waals surface area (Å²) in [4.78, 5) is 16.6. The van der Waals surface area contributed by atoms with Gasteiger partial charge in [-0.15, -0.1) is 11.3 Å². The fraction of sp³-hybridized carbons (Fsp3) is 0.238. The molecule has 1 heterocycles. The molecule has 0 atom stereocenters. The van der Waals surface area contributed by atoms with Gasteiger partial charge in [0.25, 0.3) is 0 Å². The number of rotatable bonds is 8. The number of amides is 1. The molecular formula is C21H23N3O4S2. The Morgan fingerprint density at radius 1 is 1.07 bits per heavy atom. The lowest BCUT2D eigenvalue weighted by Gasteiger charge is -2.11. The topological polar surface area (TPSA) is 97.4 Å². The van der Waals surface area contributed by atoms with E-state index in [0.717, 1.165) is 16.3 Å².